The van der Waals surface area contributed by atoms with Gasteiger partial charge < -0.3 is 24.1 Å². The van der Waals surface area contributed by atoms with Gasteiger partial charge in [-0.25, -0.2) is 0 Å². The summed E-state index contributed by atoms with van der Waals surface area (Å²) in [6.45, 7) is 6.49. The Bertz CT molecular complexity index is 1310. The highest BCUT2D eigenvalue weighted by Gasteiger charge is 2.44. The molecule has 1 aliphatic rings. The van der Waals surface area contributed by atoms with Crippen LogP contribution in [0.1, 0.15) is 43.5 Å². The Morgan fingerprint density at radius 3 is 1.89 bits per heavy atom. The molecule has 7 heteroatoms. The summed E-state index contributed by atoms with van der Waals surface area (Å²) in [5.41, 5.74) is 4.09. The van der Waals surface area contributed by atoms with Crippen LogP contribution < -0.4 is 23.8 Å². The van der Waals surface area contributed by atoms with Crippen LogP contribution in [-0.4, -0.2) is 39.5 Å². The number of carbonyl (C=O) groups excluding carboxylic acids is 1. The lowest BCUT2D eigenvalue weighted by Gasteiger charge is -2.43. The van der Waals surface area contributed by atoms with Crippen LogP contribution in [0, 0.1) is 0 Å². The van der Waals surface area contributed by atoms with E-state index in [1.54, 1.807) is 29.2 Å². The zero-order valence-electron chi connectivity index (χ0n) is 22.3. The van der Waals surface area contributed by atoms with E-state index in [0.717, 1.165) is 11.1 Å². The number of hydrogen-bond donors (Lipinski definition) is 1. The van der Waals surface area contributed by atoms with E-state index >= 15 is 0 Å². The lowest BCUT2D eigenvalue weighted by atomic mass is 9.84. The minimum Gasteiger partial charge on any atom is -0.504 e. The van der Waals surface area contributed by atoms with E-state index in [9.17, 15) is 9.90 Å². The van der Waals surface area contributed by atoms with Crippen molar-refractivity contribution in [1.82, 2.24) is 0 Å². The molecule has 1 atom stereocenters. The van der Waals surface area contributed by atoms with E-state index in [2.05, 4.69) is 32.9 Å². The monoisotopic (exact) mass is 503 g/mol. The second kappa shape index (κ2) is 10.1. The molecule has 0 radical (unpaired) electrons. The van der Waals surface area contributed by atoms with Crippen LogP contribution >= 0.6 is 0 Å². The van der Waals surface area contributed by atoms with Gasteiger partial charge in [0.05, 0.1) is 40.2 Å². The molecule has 3 aromatic carbocycles. The lowest BCUT2D eigenvalue weighted by molar-refractivity contribution is -0.118. The molecule has 1 aliphatic heterocycles. The first-order valence-corrected chi connectivity index (χ1v) is 12.0. The van der Waals surface area contributed by atoms with Gasteiger partial charge in [-0.1, -0.05) is 51.1 Å². The normalized spacial score (nSPS) is 16.4. The number of β-lactam (4-membered cyclic amide) rings is 1. The Hall–Kier alpha value is -4.13. The van der Waals surface area contributed by atoms with E-state index in [1.165, 1.54) is 34.0 Å². The predicted molar refractivity (Wildman–Crippen MR) is 144 cm³/mol. The van der Waals surface area contributed by atoms with Crippen molar-refractivity contribution in [2.75, 3.05) is 33.3 Å². The fourth-order valence-electron chi connectivity index (χ4n) is 4.52. The summed E-state index contributed by atoms with van der Waals surface area (Å²) in [6.07, 6.45) is 1.90. The van der Waals surface area contributed by atoms with Crippen molar-refractivity contribution in [1.29, 1.82) is 0 Å². The van der Waals surface area contributed by atoms with Crippen LogP contribution in [0.5, 0.6) is 28.7 Å². The molecule has 1 saturated heterocycles. The third-order valence-corrected chi connectivity index (χ3v) is 6.56. The molecule has 194 valence electrons. The van der Waals surface area contributed by atoms with Gasteiger partial charge in [-0.3, -0.25) is 9.69 Å². The molecule has 1 heterocycles. The zero-order chi connectivity index (χ0) is 26.9. The van der Waals surface area contributed by atoms with Crippen molar-refractivity contribution in [2.45, 2.75) is 32.2 Å². The molecule has 1 amide bonds. The molecule has 37 heavy (non-hydrogen) atoms. The summed E-state index contributed by atoms with van der Waals surface area (Å²) < 4.78 is 21.7. The quantitative estimate of drug-likeness (QED) is 0.320. The Morgan fingerprint density at radius 2 is 1.41 bits per heavy atom. The number of rotatable bonds is 7. The second-order valence-electron chi connectivity index (χ2n) is 9.86. The van der Waals surface area contributed by atoms with E-state index in [1.807, 2.05) is 24.3 Å². The summed E-state index contributed by atoms with van der Waals surface area (Å²) in [5.74, 6) is 1.52. The van der Waals surface area contributed by atoms with Crippen molar-refractivity contribution < 1.29 is 28.8 Å². The number of anilines is 1. The Labute approximate surface area is 217 Å². The van der Waals surface area contributed by atoms with Crippen LogP contribution in [0.4, 0.5) is 5.69 Å². The number of phenolic OH excluding ortho intramolecular Hbond substituents is 1. The summed E-state index contributed by atoms with van der Waals surface area (Å²) in [7, 11) is 6.09. The fraction of sp³-hybridized carbons (Fsp3) is 0.300. The summed E-state index contributed by atoms with van der Waals surface area (Å²) in [5, 5.41) is 10.5. The minimum absolute atomic E-state index is 0.00179. The minimum atomic E-state index is -0.450. The average molecular weight is 504 g/mol. The SMILES string of the molecule is COc1ccc(C2/C(=C/c3ccc(C(C)(C)C)cc3)C(=O)N2c2cc(OC)c(OC)c(OC)c2)cc1O. The number of carbonyl (C=O) groups is 1. The number of methoxy groups -OCH3 is 4. The molecule has 0 spiro atoms. The van der Waals surface area contributed by atoms with Gasteiger partial charge in [0.2, 0.25) is 5.75 Å². The third kappa shape index (κ3) is 4.81. The fourth-order valence-corrected chi connectivity index (χ4v) is 4.52. The standard InChI is InChI=1S/C30H33NO6/c1-30(2,3)20-11-8-18(9-12-20)14-22-27(19-10-13-24(34-4)23(32)15-19)31(29(22)33)21-16-25(35-5)28(37-7)26(17-21)36-6/h8-17,27,32H,1-7H3/b22-14-. The molecular weight excluding hydrogens is 470 g/mol. The molecule has 1 N–H and O–H groups in total. The van der Waals surface area contributed by atoms with E-state index in [0.29, 0.717) is 34.3 Å². The molecule has 4 rings (SSSR count). The van der Waals surface area contributed by atoms with Crippen LogP contribution in [-0.2, 0) is 10.2 Å². The number of ether oxygens (including phenoxy) is 4. The van der Waals surface area contributed by atoms with Crippen molar-refractivity contribution in [3.8, 4) is 28.7 Å². The smallest absolute Gasteiger partial charge is 0.257 e. The molecule has 0 aliphatic carbocycles. The van der Waals surface area contributed by atoms with Gasteiger partial charge in [0.1, 0.15) is 0 Å². The number of nitrogens with zero attached hydrogens (tertiary/aromatic N) is 1. The Morgan fingerprint density at radius 1 is 0.811 bits per heavy atom. The zero-order valence-corrected chi connectivity index (χ0v) is 22.3. The van der Waals surface area contributed by atoms with Crippen molar-refractivity contribution in [3.05, 3.63) is 76.9 Å². The van der Waals surface area contributed by atoms with Gasteiger partial charge in [-0.15, -0.1) is 0 Å². The summed E-state index contributed by atoms with van der Waals surface area (Å²) in [6, 6.07) is 16.4. The molecule has 0 aromatic heterocycles. The van der Waals surface area contributed by atoms with Crippen LogP contribution in [0.15, 0.2) is 60.2 Å². The molecule has 0 bridgehead atoms. The van der Waals surface area contributed by atoms with Gasteiger partial charge in [0.25, 0.3) is 5.91 Å². The third-order valence-electron chi connectivity index (χ3n) is 6.56. The second-order valence-corrected chi connectivity index (χ2v) is 9.86. The van der Waals surface area contributed by atoms with Gasteiger partial charge in [-0.05, 0) is 40.3 Å². The summed E-state index contributed by atoms with van der Waals surface area (Å²) >= 11 is 0. The van der Waals surface area contributed by atoms with E-state index in [-0.39, 0.29) is 17.1 Å². The van der Waals surface area contributed by atoms with Gasteiger partial charge >= 0.3 is 0 Å². The Kier molecular flexibility index (Phi) is 7.07. The van der Waals surface area contributed by atoms with E-state index in [4.69, 9.17) is 18.9 Å². The number of amides is 1. The van der Waals surface area contributed by atoms with Gasteiger partial charge in [0, 0.05) is 17.7 Å². The highest BCUT2D eigenvalue weighted by atomic mass is 16.5. The first-order chi connectivity index (χ1) is 17.6. The predicted octanol–water partition coefficient (Wildman–Crippen LogP) is 5.90. The number of benzene rings is 3. The molecule has 1 unspecified atom stereocenters. The maximum Gasteiger partial charge on any atom is 0.257 e. The van der Waals surface area contributed by atoms with Crippen LogP contribution in [0.3, 0.4) is 0 Å². The molecule has 7 nitrogen and oxygen atoms in total. The number of aromatic hydroxyl groups is 1. The van der Waals surface area contributed by atoms with Crippen LogP contribution in [0.2, 0.25) is 0 Å². The molecule has 1 fully saturated rings. The van der Waals surface area contributed by atoms with Crippen molar-refractivity contribution in [2.24, 2.45) is 0 Å². The van der Waals surface area contributed by atoms with Crippen molar-refractivity contribution in [3.63, 3.8) is 0 Å². The topological polar surface area (TPSA) is 77.5 Å². The van der Waals surface area contributed by atoms with E-state index < -0.39 is 6.04 Å². The first kappa shape index (κ1) is 25.9. The van der Waals surface area contributed by atoms with Gasteiger partial charge in [-0.2, -0.15) is 0 Å². The highest BCUT2D eigenvalue weighted by Crippen LogP contribution is 2.49. The average Bonchev–Trinajstić information content (AvgIpc) is 2.88. The number of phenols is 1. The molecule has 0 saturated carbocycles. The number of hydrogen-bond acceptors (Lipinski definition) is 6. The largest absolute Gasteiger partial charge is 0.504 e. The molecular formula is C30H33NO6. The summed E-state index contributed by atoms with van der Waals surface area (Å²) in [4.78, 5) is 15.2. The van der Waals surface area contributed by atoms with Gasteiger partial charge in [0.15, 0.2) is 23.0 Å². The molecule has 3 aromatic rings. The maximum atomic E-state index is 13.6. The first-order valence-electron chi connectivity index (χ1n) is 12.0. The van der Waals surface area contributed by atoms with Crippen molar-refractivity contribution >= 4 is 17.7 Å². The maximum absolute atomic E-state index is 13.6. The van der Waals surface area contributed by atoms with Crippen LogP contribution in [0.25, 0.3) is 6.08 Å². The lowest BCUT2D eigenvalue weighted by Crippen LogP contribution is -2.49. The Balaban J connectivity index is 1.82. The highest BCUT2D eigenvalue weighted by molar-refractivity contribution is 6.18.